The van der Waals surface area contributed by atoms with Crippen LogP contribution in [-0.2, 0) is 11.3 Å². The first-order valence-corrected chi connectivity index (χ1v) is 11.0. The summed E-state index contributed by atoms with van der Waals surface area (Å²) in [5.74, 6) is -0.937. The maximum atomic E-state index is 13.5. The molecule has 4 rings (SSSR count). The van der Waals surface area contributed by atoms with Crippen molar-refractivity contribution in [1.29, 1.82) is 0 Å². The Labute approximate surface area is 191 Å². The van der Waals surface area contributed by atoms with E-state index in [1.54, 1.807) is 48.5 Å². The molecule has 0 spiro atoms. The lowest BCUT2D eigenvalue weighted by Gasteiger charge is -2.32. The van der Waals surface area contributed by atoms with Crippen molar-refractivity contribution in [2.45, 2.75) is 44.3 Å². The van der Waals surface area contributed by atoms with Crippen LogP contribution < -0.4 is 5.32 Å². The second-order valence-corrected chi connectivity index (χ2v) is 8.42. The van der Waals surface area contributed by atoms with Gasteiger partial charge in [-0.1, -0.05) is 48.7 Å². The molecule has 0 aliphatic heterocycles. The average molecular weight is 455 g/mol. The number of carbonyl (C=O) groups excluding carboxylic acids is 2. The quantitative estimate of drug-likeness (QED) is 0.511. The van der Waals surface area contributed by atoms with Gasteiger partial charge in [-0.3, -0.25) is 9.59 Å². The van der Waals surface area contributed by atoms with Gasteiger partial charge in [-0.2, -0.15) is 0 Å². The van der Waals surface area contributed by atoms with E-state index in [4.69, 9.17) is 16.0 Å². The first kappa shape index (κ1) is 22.1. The number of nitrogens with one attached hydrogen (secondary N) is 1. The van der Waals surface area contributed by atoms with E-state index in [-0.39, 0.29) is 30.1 Å². The Kier molecular flexibility index (Phi) is 6.90. The van der Waals surface area contributed by atoms with Crippen LogP contribution in [0.15, 0.2) is 71.3 Å². The van der Waals surface area contributed by atoms with E-state index in [0.717, 1.165) is 25.7 Å². The lowest BCUT2D eigenvalue weighted by Crippen LogP contribution is -2.45. The first-order chi connectivity index (χ1) is 15.5. The van der Waals surface area contributed by atoms with Crippen LogP contribution in [-0.4, -0.2) is 22.8 Å². The number of rotatable bonds is 7. The van der Waals surface area contributed by atoms with Crippen molar-refractivity contribution in [2.75, 3.05) is 0 Å². The molecular formula is C25H24ClFN2O3. The molecular weight excluding hydrogens is 431 g/mol. The number of hydrogen-bond donors (Lipinski definition) is 1. The summed E-state index contributed by atoms with van der Waals surface area (Å²) >= 11 is 6.07. The molecule has 1 heterocycles. The maximum Gasteiger partial charge on any atom is 0.290 e. The van der Waals surface area contributed by atoms with Gasteiger partial charge < -0.3 is 14.6 Å². The molecule has 5 nitrogen and oxygen atoms in total. The summed E-state index contributed by atoms with van der Waals surface area (Å²) in [5, 5.41) is 3.64. The summed E-state index contributed by atoms with van der Waals surface area (Å²) in [4.78, 5) is 28.4. The van der Waals surface area contributed by atoms with Crippen LogP contribution in [0.2, 0.25) is 5.02 Å². The molecule has 166 valence electrons. The van der Waals surface area contributed by atoms with Crippen molar-refractivity contribution in [3.05, 3.63) is 94.7 Å². The van der Waals surface area contributed by atoms with Gasteiger partial charge in [0.2, 0.25) is 5.91 Å². The Morgan fingerprint density at radius 1 is 1.06 bits per heavy atom. The minimum absolute atomic E-state index is 0.0867. The highest BCUT2D eigenvalue weighted by Gasteiger charge is 2.34. The number of hydrogen-bond acceptors (Lipinski definition) is 3. The first-order valence-electron chi connectivity index (χ1n) is 10.7. The predicted molar refractivity (Wildman–Crippen MR) is 120 cm³/mol. The Balaban J connectivity index is 1.73. The molecule has 2 amide bonds. The number of halogens is 2. The number of carbonyl (C=O) groups is 2. The van der Waals surface area contributed by atoms with E-state index in [9.17, 15) is 14.0 Å². The molecule has 1 atom stereocenters. The minimum Gasteiger partial charge on any atom is -0.459 e. The fourth-order valence-corrected chi connectivity index (χ4v) is 4.20. The fraction of sp³-hybridized carbons (Fsp3) is 0.280. The Bertz CT molecular complexity index is 1050. The number of benzene rings is 2. The van der Waals surface area contributed by atoms with Gasteiger partial charge in [0.15, 0.2) is 5.76 Å². The fourth-order valence-electron chi connectivity index (χ4n) is 4.08. The highest BCUT2D eigenvalue weighted by molar-refractivity contribution is 6.30. The van der Waals surface area contributed by atoms with Crippen molar-refractivity contribution in [3.8, 4) is 0 Å². The molecule has 0 saturated heterocycles. The third kappa shape index (κ3) is 5.19. The Hall–Kier alpha value is -3.12. The highest BCUT2D eigenvalue weighted by Crippen LogP contribution is 2.28. The van der Waals surface area contributed by atoms with Gasteiger partial charge in [0.05, 0.1) is 6.26 Å². The highest BCUT2D eigenvalue weighted by atomic mass is 35.5. The topological polar surface area (TPSA) is 62.6 Å². The summed E-state index contributed by atoms with van der Waals surface area (Å²) in [6.07, 6.45) is 5.40. The van der Waals surface area contributed by atoms with Crippen LogP contribution in [0.4, 0.5) is 4.39 Å². The van der Waals surface area contributed by atoms with Gasteiger partial charge in [-0.25, -0.2) is 4.39 Å². The van der Waals surface area contributed by atoms with Crippen LogP contribution in [0.5, 0.6) is 0 Å². The van der Waals surface area contributed by atoms with E-state index < -0.39 is 11.9 Å². The van der Waals surface area contributed by atoms with Gasteiger partial charge in [-0.05, 0) is 60.4 Å². The molecule has 1 N–H and O–H groups in total. The van der Waals surface area contributed by atoms with Crippen LogP contribution in [0.25, 0.3) is 0 Å². The van der Waals surface area contributed by atoms with Gasteiger partial charge in [0.1, 0.15) is 11.9 Å². The Morgan fingerprint density at radius 3 is 2.38 bits per heavy atom. The molecule has 0 unspecified atom stereocenters. The van der Waals surface area contributed by atoms with Crippen molar-refractivity contribution in [2.24, 2.45) is 0 Å². The summed E-state index contributed by atoms with van der Waals surface area (Å²) < 4.78 is 18.8. The normalized spacial score (nSPS) is 14.8. The minimum atomic E-state index is -0.907. The van der Waals surface area contributed by atoms with Crippen molar-refractivity contribution in [1.82, 2.24) is 10.2 Å². The van der Waals surface area contributed by atoms with Gasteiger partial charge in [-0.15, -0.1) is 0 Å². The van der Waals surface area contributed by atoms with Gasteiger partial charge >= 0.3 is 0 Å². The van der Waals surface area contributed by atoms with E-state index in [1.807, 2.05) is 0 Å². The molecule has 32 heavy (non-hydrogen) atoms. The zero-order valence-corrected chi connectivity index (χ0v) is 18.2. The molecule has 1 aliphatic carbocycles. The van der Waals surface area contributed by atoms with E-state index in [1.165, 1.54) is 23.3 Å². The molecule has 7 heteroatoms. The van der Waals surface area contributed by atoms with Crippen LogP contribution in [0, 0.1) is 5.82 Å². The monoisotopic (exact) mass is 454 g/mol. The predicted octanol–water partition coefficient (Wildman–Crippen LogP) is 5.51. The molecule has 1 fully saturated rings. The smallest absolute Gasteiger partial charge is 0.290 e. The van der Waals surface area contributed by atoms with E-state index in [2.05, 4.69) is 5.32 Å². The van der Waals surface area contributed by atoms with E-state index >= 15 is 0 Å². The average Bonchev–Trinajstić information content (AvgIpc) is 3.50. The molecule has 1 saturated carbocycles. The van der Waals surface area contributed by atoms with Gasteiger partial charge in [0.25, 0.3) is 5.91 Å². The SMILES string of the molecule is O=C(NC1CCCC1)[C@H](c1ccc(Cl)cc1)N(Cc1ccc(F)cc1)C(=O)c1ccco1. The van der Waals surface area contributed by atoms with Crippen LogP contribution in [0.1, 0.15) is 53.4 Å². The van der Waals surface area contributed by atoms with Crippen LogP contribution in [0.3, 0.4) is 0 Å². The summed E-state index contributed by atoms with van der Waals surface area (Å²) in [7, 11) is 0. The molecule has 3 aromatic rings. The third-order valence-corrected chi connectivity index (χ3v) is 5.96. The second-order valence-electron chi connectivity index (χ2n) is 7.98. The summed E-state index contributed by atoms with van der Waals surface area (Å²) in [5.41, 5.74) is 1.32. The molecule has 2 aromatic carbocycles. The largest absolute Gasteiger partial charge is 0.459 e. The standard InChI is InChI=1S/C25H24ClFN2O3/c26-19-11-9-18(10-12-19)23(24(30)28-21-4-1-2-5-21)29(25(31)22-6-3-15-32-22)16-17-7-13-20(27)14-8-17/h3,6-15,21,23H,1-2,4-5,16H2,(H,28,30)/t23-/m0/s1. The lowest BCUT2D eigenvalue weighted by atomic mass is 10.0. The van der Waals surface area contributed by atoms with Crippen molar-refractivity contribution in [3.63, 3.8) is 0 Å². The third-order valence-electron chi connectivity index (χ3n) is 5.71. The van der Waals surface area contributed by atoms with Gasteiger partial charge in [0, 0.05) is 17.6 Å². The zero-order valence-electron chi connectivity index (χ0n) is 17.5. The summed E-state index contributed by atoms with van der Waals surface area (Å²) in [6, 6.07) is 15.1. The lowest BCUT2D eigenvalue weighted by molar-refractivity contribution is -0.126. The number of nitrogens with zero attached hydrogens (tertiary/aromatic N) is 1. The summed E-state index contributed by atoms with van der Waals surface area (Å²) in [6.45, 7) is 0.102. The molecule has 0 radical (unpaired) electrons. The Morgan fingerprint density at radius 2 is 1.75 bits per heavy atom. The number of furan rings is 1. The molecule has 1 aromatic heterocycles. The number of amides is 2. The van der Waals surface area contributed by atoms with Crippen molar-refractivity contribution >= 4 is 23.4 Å². The molecule has 0 bridgehead atoms. The van der Waals surface area contributed by atoms with Crippen molar-refractivity contribution < 1.29 is 18.4 Å². The zero-order chi connectivity index (χ0) is 22.5. The van der Waals surface area contributed by atoms with E-state index in [0.29, 0.717) is 16.1 Å². The molecule has 1 aliphatic rings. The maximum absolute atomic E-state index is 13.5. The van der Waals surface area contributed by atoms with Crippen LogP contribution >= 0.6 is 11.6 Å². The second kappa shape index (κ2) is 10.0.